The molecule has 2 atom stereocenters. The van der Waals surface area contributed by atoms with Crippen molar-refractivity contribution in [1.29, 1.82) is 0 Å². The van der Waals surface area contributed by atoms with Gasteiger partial charge in [0.15, 0.2) is 0 Å². The van der Waals surface area contributed by atoms with E-state index in [4.69, 9.17) is 4.74 Å². The Morgan fingerprint density at radius 1 is 1.38 bits per heavy atom. The van der Waals surface area contributed by atoms with Crippen molar-refractivity contribution >= 4 is 0 Å². The molecule has 1 aromatic carbocycles. The fourth-order valence-corrected chi connectivity index (χ4v) is 3.68. The standard InChI is InChI=1S/C17H24FNO2/c1-2-8-19-9-3-6-17(7-10-19)12-15(20)14-5-4-13(18)11-16(14)21-17/h4-5,11,15,20H,2-3,6-10,12H2,1H3. The van der Waals surface area contributed by atoms with Gasteiger partial charge in [-0.1, -0.05) is 6.92 Å². The van der Waals surface area contributed by atoms with E-state index in [1.807, 2.05) is 0 Å². The van der Waals surface area contributed by atoms with Gasteiger partial charge in [0.2, 0.25) is 0 Å². The molecule has 0 bridgehead atoms. The van der Waals surface area contributed by atoms with Crippen molar-refractivity contribution in [1.82, 2.24) is 4.90 Å². The fraction of sp³-hybridized carbons (Fsp3) is 0.647. The molecule has 2 aliphatic rings. The molecule has 1 aromatic rings. The molecule has 1 N–H and O–H groups in total. The van der Waals surface area contributed by atoms with Gasteiger partial charge in [-0.2, -0.15) is 0 Å². The first-order valence-electron chi connectivity index (χ1n) is 8.01. The molecule has 1 fully saturated rings. The van der Waals surface area contributed by atoms with Crippen LogP contribution in [0.4, 0.5) is 4.39 Å². The number of aliphatic hydroxyl groups excluding tert-OH is 1. The predicted molar refractivity (Wildman–Crippen MR) is 79.9 cm³/mol. The van der Waals surface area contributed by atoms with Crippen LogP contribution in [0.1, 0.15) is 50.7 Å². The maximum Gasteiger partial charge on any atom is 0.128 e. The second-order valence-electron chi connectivity index (χ2n) is 6.38. The van der Waals surface area contributed by atoms with Crippen LogP contribution in [0.3, 0.4) is 0 Å². The van der Waals surface area contributed by atoms with Gasteiger partial charge < -0.3 is 14.7 Å². The third kappa shape index (κ3) is 3.06. The zero-order valence-corrected chi connectivity index (χ0v) is 12.6. The molecule has 116 valence electrons. The van der Waals surface area contributed by atoms with E-state index in [0.29, 0.717) is 12.2 Å². The molecule has 2 aliphatic heterocycles. The number of nitrogens with zero attached hydrogens (tertiary/aromatic N) is 1. The molecule has 2 unspecified atom stereocenters. The van der Waals surface area contributed by atoms with Crippen molar-refractivity contribution in [3.63, 3.8) is 0 Å². The van der Waals surface area contributed by atoms with E-state index in [0.717, 1.165) is 50.9 Å². The van der Waals surface area contributed by atoms with Crippen LogP contribution in [0.2, 0.25) is 0 Å². The minimum atomic E-state index is -0.549. The van der Waals surface area contributed by atoms with Gasteiger partial charge in [-0.3, -0.25) is 0 Å². The van der Waals surface area contributed by atoms with Crippen LogP contribution in [-0.4, -0.2) is 35.2 Å². The minimum absolute atomic E-state index is 0.306. The number of halogens is 1. The van der Waals surface area contributed by atoms with Gasteiger partial charge in [-0.05, 0) is 50.9 Å². The Morgan fingerprint density at radius 3 is 3.05 bits per heavy atom. The van der Waals surface area contributed by atoms with Crippen molar-refractivity contribution in [3.05, 3.63) is 29.6 Å². The largest absolute Gasteiger partial charge is 0.487 e. The maximum absolute atomic E-state index is 13.5. The molecule has 0 saturated carbocycles. The van der Waals surface area contributed by atoms with Gasteiger partial charge in [0.1, 0.15) is 17.2 Å². The smallest absolute Gasteiger partial charge is 0.128 e. The highest BCUT2D eigenvalue weighted by atomic mass is 19.1. The lowest BCUT2D eigenvalue weighted by atomic mass is 9.83. The monoisotopic (exact) mass is 293 g/mol. The summed E-state index contributed by atoms with van der Waals surface area (Å²) in [6.07, 6.45) is 4.13. The van der Waals surface area contributed by atoms with Gasteiger partial charge in [0.25, 0.3) is 0 Å². The van der Waals surface area contributed by atoms with Gasteiger partial charge >= 0.3 is 0 Å². The molecule has 21 heavy (non-hydrogen) atoms. The van der Waals surface area contributed by atoms with Crippen molar-refractivity contribution in [2.45, 2.75) is 50.7 Å². The van der Waals surface area contributed by atoms with Gasteiger partial charge in [-0.25, -0.2) is 4.39 Å². The summed E-state index contributed by atoms with van der Waals surface area (Å²) in [6, 6.07) is 4.44. The van der Waals surface area contributed by atoms with Gasteiger partial charge in [-0.15, -0.1) is 0 Å². The first kappa shape index (κ1) is 14.8. The Morgan fingerprint density at radius 2 is 2.24 bits per heavy atom. The third-order valence-electron chi connectivity index (χ3n) is 4.76. The van der Waals surface area contributed by atoms with Gasteiger partial charge in [0, 0.05) is 24.6 Å². The van der Waals surface area contributed by atoms with Crippen LogP contribution < -0.4 is 4.74 Å². The van der Waals surface area contributed by atoms with Crippen LogP contribution >= 0.6 is 0 Å². The molecule has 3 rings (SSSR count). The minimum Gasteiger partial charge on any atom is -0.487 e. The number of ether oxygens (including phenoxy) is 1. The van der Waals surface area contributed by atoms with Crippen LogP contribution in [0.5, 0.6) is 5.75 Å². The van der Waals surface area contributed by atoms with Crippen molar-refractivity contribution < 1.29 is 14.2 Å². The molecule has 1 saturated heterocycles. The molecule has 2 heterocycles. The molecular weight excluding hydrogens is 269 g/mol. The highest BCUT2D eigenvalue weighted by molar-refractivity contribution is 5.38. The summed E-state index contributed by atoms with van der Waals surface area (Å²) in [5, 5.41) is 10.4. The van der Waals surface area contributed by atoms with E-state index in [9.17, 15) is 9.50 Å². The zero-order chi connectivity index (χ0) is 14.9. The van der Waals surface area contributed by atoms with E-state index in [1.54, 1.807) is 6.07 Å². The summed E-state index contributed by atoms with van der Waals surface area (Å²) in [6.45, 7) is 5.39. The normalized spacial score (nSPS) is 29.8. The Balaban J connectivity index is 1.80. The van der Waals surface area contributed by atoms with Crippen LogP contribution in [-0.2, 0) is 0 Å². The molecule has 3 nitrogen and oxygen atoms in total. The average molecular weight is 293 g/mol. The van der Waals surface area contributed by atoms with Crippen LogP contribution in [0.25, 0.3) is 0 Å². The van der Waals surface area contributed by atoms with E-state index in [1.165, 1.54) is 12.1 Å². The quantitative estimate of drug-likeness (QED) is 0.908. The summed E-state index contributed by atoms with van der Waals surface area (Å²) in [5.41, 5.74) is 0.389. The SMILES string of the molecule is CCCN1CCCC2(CC1)CC(O)c1ccc(F)cc1O2. The lowest BCUT2D eigenvalue weighted by Crippen LogP contribution is -2.42. The summed E-state index contributed by atoms with van der Waals surface area (Å²) < 4.78 is 19.6. The zero-order valence-electron chi connectivity index (χ0n) is 12.6. The van der Waals surface area contributed by atoms with E-state index < -0.39 is 6.10 Å². The summed E-state index contributed by atoms with van der Waals surface area (Å²) in [4.78, 5) is 2.46. The molecule has 0 amide bonds. The van der Waals surface area contributed by atoms with E-state index in [-0.39, 0.29) is 11.4 Å². The van der Waals surface area contributed by atoms with E-state index in [2.05, 4.69) is 11.8 Å². The summed E-state index contributed by atoms with van der Waals surface area (Å²) in [7, 11) is 0. The maximum atomic E-state index is 13.5. The Bertz CT molecular complexity index is 508. The molecule has 4 heteroatoms. The van der Waals surface area contributed by atoms with Crippen molar-refractivity contribution in [3.8, 4) is 5.75 Å². The topological polar surface area (TPSA) is 32.7 Å². The Hall–Kier alpha value is -1.13. The fourth-order valence-electron chi connectivity index (χ4n) is 3.68. The number of hydrogen-bond acceptors (Lipinski definition) is 3. The number of benzene rings is 1. The average Bonchev–Trinajstić information content (AvgIpc) is 2.62. The van der Waals surface area contributed by atoms with Crippen LogP contribution in [0, 0.1) is 5.82 Å². The highest BCUT2D eigenvalue weighted by Gasteiger charge is 2.41. The Kier molecular flexibility index (Phi) is 4.18. The second-order valence-corrected chi connectivity index (χ2v) is 6.38. The van der Waals surface area contributed by atoms with E-state index >= 15 is 0 Å². The number of fused-ring (bicyclic) bond motifs is 1. The number of hydrogen-bond donors (Lipinski definition) is 1. The second kappa shape index (κ2) is 5.93. The van der Waals surface area contributed by atoms with Gasteiger partial charge in [0.05, 0.1) is 6.10 Å². The first-order chi connectivity index (χ1) is 10.1. The molecular formula is C17H24FNO2. The van der Waals surface area contributed by atoms with Crippen molar-refractivity contribution in [2.24, 2.45) is 0 Å². The number of likely N-dealkylation sites (tertiary alicyclic amines) is 1. The summed E-state index contributed by atoms with van der Waals surface area (Å²) in [5.74, 6) is 0.219. The summed E-state index contributed by atoms with van der Waals surface area (Å²) >= 11 is 0. The Labute approximate surface area is 125 Å². The number of rotatable bonds is 2. The molecule has 0 radical (unpaired) electrons. The van der Waals surface area contributed by atoms with Crippen molar-refractivity contribution in [2.75, 3.05) is 19.6 Å². The third-order valence-corrected chi connectivity index (χ3v) is 4.76. The highest BCUT2D eigenvalue weighted by Crippen LogP contribution is 2.44. The first-order valence-corrected chi connectivity index (χ1v) is 8.01. The predicted octanol–water partition coefficient (Wildman–Crippen LogP) is 3.28. The number of aliphatic hydroxyl groups is 1. The molecule has 0 aromatic heterocycles. The molecule has 1 spiro atoms. The lowest BCUT2D eigenvalue weighted by molar-refractivity contribution is -0.0241. The molecule has 0 aliphatic carbocycles. The van der Waals surface area contributed by atoms with Crippen LogP contribution in [0.15, 0.2) is 18.2 Å². The lowest BCUT2D eigenvalue weighted by Gasteiger charge is -2.40.